The average Bonchev–Trinajstić information content (AvgIpc) is 2.08. The number of nitrogen functional groups attached to an aromatic ring is 1. The van der Waals surface area contributed by atoms with Gasteiger partial charge in [-0.3, -0.25) is 0 Å². The fourth-order valence-electron chi connectivity index (χ4n) is 1.10. The molecule has 0 saturated heterocycles. The lowest BCUT2D eigenvalue weighted by Gasteiger charge is -2.09. The Morgan fingerprint density at radius 1 is 1.43 bits per heavy atom. The van der Waals surface area contributed by atoms with Crippen LogP contribution in [0, 0.1) is 5.92 Å². The van der Waals surface area contributed by atoms with Gasteiger partial charge in [-0.25, -0.2) is 0 Å². The Balaban J connectivity index is 2.51. The highest BCUT2D eigenvalue weighted by atomic mass is 79.9. The van der Waals surface area contributed by atoms with E-state index < -0.39 is 0 Å². The average molecular weight is 258 g/mol. The van der Waals surface area contributed by atoms with Crippen LogP contribution in [-0.4, -0.2) is 6.61 Å². The molecule has 0 fully saturated rings. The number of nitrogens with two attached hydrogens (primary N) is 1. The van der Waals surface area contributed by atoms with E-state index >= 15 is 0 Å². The molecule has 0 amide bonds. The van der Waals surface area contributed by atoms with Crippen molar-refractivity contribution in [2.75, 3.05) is 12.3 Å². The Morgan fingerprint density at radius 2 is 2.14 bits per heavy atom. The summed E-state index contributed by atoms with van der Waals surface area (Å²) >= 11 is 3.37. The fourth-order valence-corrected chi connectivity index (χ4v) is 1.48. The smallest absolute Gasteiger partial charge is 0.0736 e. The van der Waals surface area contributed by atoms with Gasteiger partial charge in [0.25, 0.3) is 0 Å². The third-order valence-electron chi connectivity index (χ3n) is 1.82. The molecule has 0 spiro atoms. The van der Waals surface area contributed by atoms with Crippen molar-refractivity contribution in [3.05, 3.63) is 28.2 Å². The zero-order valence-corrected chi connectivity index (χ0v) is 10.2. The molecule has 0 aliphatic heterocycles. The molecule has 14 heavy (non-hydrogen) atoms. The number of hydrogen-bond acceptors (Lipinski definition) is 2. The van der Waals surface area contributed by atoms with Crippen molar-refractivity contribution < 1.29 is 4.74 Å². The molecule has 2 nitrogen and oxygen atoms in total. The predicted molar refractivity (Wildman–Crippen MR) is 63.0 cm³/mol. The fraction of sp³-hybridized carbons (Fsp3) is 0.455. The maximum absolute atomic E-state index is 5.83. The molecule has 0 unspecified atom stereocenters. The van der Waals surface area contributed by atoms with E-state index in [4.69, 9.17) is 10.5 Å². The lowest BCUT2D eigenvalue weighted by atomic mass is 10.2. The summed E-state index contributed by atoms with van der Waals surface area (Å²) < 4.78 is 6.51. The monoisotopic (exact) mass is 257 g/mol. The summed E-state index contributed by atoms with van der Waals surface area (Å²) in [4.78, 5) is 0. The van der Waals surface area contributed by atoms with Gasteiger partial charge < -0.3 is 10.5 Å². The van der Waals surface area contributed by atoms with Crippen LogP contribution in [0.1, 0.15) is 19.4 Å². The van der Waals surface area contributed by atoms with Crippen LogP contribution in [-0.2, 0) is 11.3 Å². The summed E-state index contributed by atoms with van der Waals surface area (Å²) in [5, 5.41) is 0. The third-order valence-corrected chi connectivity index (χ3v) is 2.31. The molecule has 0 saturated carbocycles. The molecule has 0 aliphatic rings. The Hall–Kier alpha value is -0.540. The summed E-state index contributed by atoms with van der Waals surface area (Å²) in [5.74, 6) is 0.562. The van der Waals surface area contributed by atoms with Gasteiger partial charge in [-0.1, -0.05) is 35.8 Å². The molecule has 0 atom stereocenters. The molecule has 0 aliphatic carbocycles. The van der Waals surface area contributed by atoms with Gasteiger partial charge in [0.05, 0.1) is 6.61 Å². The molecule has 0 heterocycles. The van der Waals surface area contributed by atoms with Crippen LogP contribution < -0.4 is 5.73 Å². The number of hydrogen-bond donors (Lipinski definition) is 1. The van der Waals surface area contributed by atoms with E-state index in [-0.39, 0.29) is 0 Å². The van der Waals surface area contributed by atoms with E-state index in [9.17, 15) is 0 Å². The number of anilines is 1. The van der Waals surface area contributed by atoms with Crippen molar-refractivity contribution in [2.24, 2.45) is 5.92 Å². The normalized spacial score (nSPS) is 10.9. The van der Waals surface area contributed by atoms with Gasteiger partial charge >= 0.3 is 0 Å². The van der Waals surface area contributed by atoms with Crippen molar-refractivity contribution in [3.63, 3.8) is 0 Å². The first-order valence-electron chi connectivity index (χ1n) is 4.71. The lowest BCUT2D eigenvalue weighted by molar-refractivity contribution is 0.0974. The summed E-state index contributed by atoms with van der Waals surface area (Å²) in [7, 11) is 0. The number of halogens is 1. The van der Waals surface area contributed by atoms with E-state index in [0.717, 1.165) is 22.3 Å². The highest BCUT2D eigenvalue weighted by Crippen LogP contribution is 2.19. The zero-order valence-electron chi connectivity index (χ0n) is 8.59. The Morgan fingerprint density at radius 3 is 2.71 bits per heavy atom. The molecule has 1 aromatic rings. The van der Waals surface area contributed by atoms with Gasteiger partial charge in [0.15, 0.2) is 0 Å². The molecule has 78 valence electrons. The number of benzene rings is 1. The molecule has 0 bridgehead atoms. The highest BCUT2D eigenvalue weighted by Gasteiger charge is 2.00. The van der Waals surface area contributed by atoms with E-state index in [2.05, 4.69) is 29.8 Å². The Labute approximate surface area is 93.6 Å². The second-order valence-corrected chi connectivity index (χ2v) is 4.67. The standard InChI is InChI=1S/C11H16BrNO/c1-8(2)6-14-7-9-3-4-10(12)5-11(9)13/h3-5,8H,6-7,13H2,1-2H3. The van der Waals surface area contributed by atoms with Crippen LogP contribution in [0.3, 0.4) is 0 Å². The van der Waals surface area contributed by atoms with Crippen molar-refractivity contribution in [1.29, 1.82) is 0 Å². The SMILES string of the molecule is CC(C)COCc1ccc(Br)cc1N. The first-order valence-corrected chi connectivity index (χ1v) is 5.50. The minimum atomic E-state index is 0.562. The van der Waals surface area contributed by atoms with Crippen molar-refractivity contribution in [3.8, 4) is 0 Å². The Bertz CT molecular complexity index is 299. The van der Waals surface area contributed by atoms with Gasteiger partial charge in [-0.2, -0.15) is 0 Å². The van der Waals surface area contributed by atoms with E-state index in [1.807, 2.05) is 18.2 Å². The van der Waals surface area contributed by atoms with Crippen LogP contribution >= 0.6 is 15.9 Å². The van der Waals surface area contributed by atoms with Crippen LogP contribution in [0.2, 0.25) is 0 Å². The van der Waals surface area contributed by atoms with Crippen LogP contribution in [0.15, 0.2) is 22.7 Å². The van der Waals surface area contributed by atoms with Crippen molar-refractivity contribution in [2.45, 2.75) is 20.5 Å². The molecule has 1 aromatic carbocycles. The molecular weight excluding hydrogens is 242 g/mol. The minimum absolute atomic E-state index is 0.562. The number of rotatable bonds is 4. The van der Waals surface area contributed by atoms with Gasteiger partial charge in [-0.15, -0.1) is 0 Å². The molecule has 2 N–H and O–H groups in total. The summed E-state index contributed by atoms with van der Waals surface area (Å²) in [6, 6.07) is 5.86. The summed E-state index contributed by atoms with van der Waals surface area (Å²) in [6.07, 6.45) is 0. The maximum Gasteiger partial charge on any atom is 0.0736 e. The van der Waals surface area contributed by atoms with E-state index in [0.29, 0.717) is 12.5 Å². The maximum atomic E-state index is 5.83. The van der Waals surface area contributed by atoms with Crippen LogP contribution in [0.25, 0.3) is 0 Å². The van der Waals surface area contributed by atoms with Gasteiger partial charge in [0, 0.05) is 22.3 Å². The van der Waals surface area contributed by atoms with Crippen LogP contribution in [0.4, 0.5) is 5.69 Å². The highest BCUT2D eigenvalue weighted by molar-refractivity contribution is 9.10. The van der Waals surface area contributed by atoms with E-state index in [1.54, 1.807) is 0 Å². The summed E-state index contributed by atoms with van der Waals surface area (Å²) in [5.41, 5.74) is 7.66. The molecule has 1 rings (SSSR count). The first kappa shape index (κ1) is 11.5. The zero-order chi connectivity index (χ0) is 10.6. The van der Waals surface area contributed by atoms with Gasteiger partial charge in [0.1, 0.15) is 0 Å². The topological polar surface area (TPSA) is 35.2 Å². The number of ether oxygens (including phenoxy) is 1. The quantitative estimate of drug-likeness (QED) is 0.841. The van der Waals surface area contributed by atoms with Gasteiger partial charge in [-0.05, 0) is 18.1 Å². The van der Waals surface area contributed by atoms with Crippen molar-refractivity contribution >= 4 is 21.6 Å². The lowest BCUT2D eigenvalue weighted by Crippen LogP contribution is -2.03. The van der Waals surface area contributed by atoms with Crippen molar-refractivity contribution in [1.82, 2.24) is 0 Å². The third kappa shape index (κ3) is 3.68. The van der Waals surface area contributed by atoms with Gasteiger partial charge in [0.2, 0.25) is 0 Å². The Kier molecular flexibility index (Phi) is 4.42. The van der Waals surface area contributed by atoms with Crippen LogP contribution in [0.5, 0.6) is 0 Å². The second-order valence-electron chi connectivity index (χ2n) is 3.75. The van der Waals surface area contributed by atoms with E-state index in [1.165, 1.54) is 0 Å². The summed E-state index contributed by atoms with van der Waals surface area (Å²) in [6.45, 7) is 5.63. The molecule has 0 aromatic heterocycles. The second kappa shape index (κ2) is 5.37. The molecule has 3 heteroatoms. The minimum Gasteiger partial charge on any atom is -0.398 e. The molecule has 0 radical (unpaired) electrons. The first-order chi connectivity index (χ1) is 6.59. The predicted octanol–water partition coefficient (Wildman–Crippen LogP) is 3.20. The largest absolute Gasteiger partial charge is 0.398 e. The molecular formula is C11H16BrNO.